The summed E-state index contributed by atoms with van der Waals surface area (Å²) in [6.45, 7) is 8.63. The van der Waals surface area contributed by atoms with Crippen molar-refractivity contribution >= 4 is 9.76 Å². The molecule has 2 heteroatoms. The van der Waals surface area contributed by atoms with Crippen LogP contribution in [0.2, 0.25) is 5.04 Å². The molecule has 1 aliphatic rings. The van der Waals surface area contributed by atoms with Crippen molar-refractivity contribution in [2.24, 2.45) is 5.41 Å². The van der Waals surface area contributed by atoms with Gasteiger partial charge in [0.15, 0.2) is 0 Å². The zero-order chi connectivity index (χ0) is 10.7. The van der Waals surface area contributed by atoms with Crippen LogP contribution in [0.25, 0.3) is 0 Å². The zero-order valence-electron chi connectivity index (χ0n) is 9.31. The molecule has 78 valence electrons. The Morgan fingerprint density at radius 2 is 2.07 bits per heavy atom. The van der Waals surface area contributed by atoms with Gasteiger partial charge in [-0.1, -0.05) is 39.2 Å². The number of terminal acetylenes is 1. The third kappa shape index (κ3) is 1.88. The molecule has 1 fully saturated rings. The third-order valence-electron chi connectivity index (χ3n) is 3.83. The fourth-order valence-electron chi connectivity index (χ4n) is 2.47. The highest BCUT2D eigenvalue weighted by Gasteiger charge is 2.45. The van der Waals surface area contributed by atoms with E-state index in [0.717, 1.165) is 0 Å². The molecular weight excluding hydrogens is 188 g/mol. The van der Waals surface area contributed by atoms with E-state index in [1.807, 2.05) is 0 Å². The van der Waals surface area contributed by atoms with Gasteiger partial charge in [-0.25, -0.2) is 0 Å². The van der Waals surface area contributed by atoms with Gasteiger partial charge in [-0.15, -0.1) is 6.58 Å². The topological polar surface area (TPSA) is 9.23 Å². The fraction of sp³-hybridized carbons (Fsp3) is 0.667. The van der Waals surface area contributed by atoms with Gasteiger partial charge < -0.3 is 4.43 Å². The summed E-state index contributed by atoms with van der Waals surface area (Å²) in [5.74, 6) is 0. The van der Waals surface area contributed by atoms with Crippen LogP contribution in [-0.4, -0.2) is 9.76 Å². The van der Waals surface area contributed by atoms with E-state index < -0.39 is 9.76 Å². The molecule has 0 aromatic carbocycles. The maximum Gasteiger partial charge on any atom is 0.245 e. The van der Waals surface area contributed by atoms with Crippen LogP contribution in [0.4, 0.5) is 0 Å². The SMILES string of the molecule is C#CO[SiH2]C1(C=C)CCCCC1(C)C. The lowest BCUT2D eigenvalue weighted by Gasteiger charge is -2.47. The standard InChI is InChI=1S/C12H20OSi/c1-5-12(14-13-6-2)10-8-7-9-11(12,3)4/h2,5H,1,7-10,14H2,3-4H3. The molecule has 1 aliphatic carbocycles. The number of allylic oxidation sites excluding steroid dienone is 1. The van der Waals surface area contributed by atoms with Crippen LogP contribution in [0, 0.1) is 17.9 Å². The third-order valence-corrected chi connectivity index (χ3v) is 6.25. The van der Waals surface area contributed by atoms with Gasteiger partial charge in [0.25, 0.3) is 0 Å². The Morgan fingerprint density at radius 1 is 1.43 bits per heavy atom. The second kappa shape index (κ2) is 4.23. The minimum absolute atomic E-state index is 0.206. The molecule has 1 nitrogen and oxygen atoms in total. The lowest BCUT2D eigenvalue weighted by atomic mass is 9.68. The quantitative estimate of drug-likeness (QED) is 0.393. The van der Waals surface area contributed by atoms with E-state index in [1.165, 1.54) is 25.7 Å². The summed E-state index contributed by atoms with van der Waals surface area (Å²) in [4.78, 5) is 0. The highest BCUT2D eigenvalue weighted by molar-refractivity contribution is 6.34. The minimum atomic E-state index is -0.700. The van der Waals surface area contributed by atoms with Crippen LogP contribution in [0.1, 0.15) is 39.5 Å². The zero-order valence-corrected chi connectivity index (χ0v) is 10.7. The molecule has 0 amide bonds. The average Bonchev–Trinajstić information content (AvgIpc) is 2.16. The van der Waals surface area contributed by atoms with Gasteiger partial charge in [0, 0.05) is 5.04 Å². The van der Waals surface area contributed by atoms with Crippen LogP contribution in [0.3, 0.4) is 0 Å². The van der Waals surface area contributed by atoms with Crippen LogP contribution < -0.4 is 0 Å². The molecule has 0 heterocycles. The molecule has 1 atom stereocenters. The highest BCUT2D eigenvalue weighted by Crippen LogP contribution is 2.56. The number of hydrogen-bond donors (Lipinski definition) is 0. The summed E-state index contributed by atoms with van der Waals surface area (Å²) in [6.07, 6.45) is 14.7. The molecule has 0 aliphatic heterocycles. The minimum Gasteiger partial charge on any atom is -0.508 e. The molecule has 0 N–H and O–H groups in total. The highest BCUT2D eigenvalue weighted by atomic mass is 28.2. The Kier molecular flexibility index (Phi) is 3.44. The molecule has 1 unspecified atom stereocenters. The van der Waals surface area contributed by atoms with E-state index in [9.17, 15) is 0 Å². The second-order valence-corrected chi connectivity index (χ2v) is 6.70. The molecular formula is C12H20OSi. The Balaban J connectivity index is 2.83. The van der Waals surface area contributed by atoms with Crippen LogP contribution >= 0.6 is 0 Å². The van der Waals surface area contributed by atoms with Gasteiger partial charge in [-0.2, -0.15) is 0 Å². The molecule has 0 saturated heterocycles. The first-order chi connectivity index (χ1) is 6.58. The molecule has 14 heavy (non-hydrogen) atoms. The summed E-state index contributed by atoms with van der Waals surface area (Å²) < 4.78 is 5.30. The second-order valence-electron chi connectivity index (χ2n) is 4.86. The first-order valence-corrected chi connectivity index (χ1v) is 6.57. The number of hydrogen-bond acceptors (Lipinski definition) is 1. The molecule has 0 bridgehead atoms. The van der Waals surface area contributed by atoms with Gasteiger partial charge in [-0.3, -0.25) is 0 Å². The van der Waals surface area contributed by atoms with Crippen molar-refractivity contribution in [2.45, 2.75) is 44.6 Å². The van der Waals surface area contributed by atoms with Gasteiger partial charge in [-0.05, 0) is 18.3 Å². The van der Waals surface area contributed by atoms with Crippen molar-refractivity contribution in [3.05, 3.63) is 12.7 Å². The smallest absolute Gasteiger partial charge is 0.245 e. The number of rotatable bonds is 3. The normalized spacial score (nSPS) is 31.2. The van der Waals surface area contributed by atoms with Crippen molar-refractivity contribution in [3.8, 4) is 12.5 Å². The fourth-order valence-corrected chi connectivity index (χ4v) is 3.89. The summed E-state index contributed by atoms with van der Waals surface area (Å²) in [6, 6.07) is 0. The first kappa shape index (κ1) is 11.4. The van der Waals surface area contributed by atoms with Gasteiger partial charge >= 0.3 is 0 Å². The summed E-state index contributed by atoms with van der Waals surface area (Å²) in [5, 5.41) is 0.206. The molecule has 0 spiro atoms. The Labute approximate surface area is 89.9 Å². The summed E-state index contributed by atoms with van der Waals surface area (Å²) in [5.41, 5.74) is 0.316. The van der Waals surface area contributed by atoms with E-state index in [4.69, 9.17) is 10.8 Å². The van der Waals surface area contributed by atoms with Crippen LogP contribution in [-0.2, 0) is 4.43 Å². The van der Waals surface area contributed by atoms with Crippen molar-refractivity contribution in [3.63, 3.8) is 0 Å². The summed E-state index contributed by atoms with van der Waals surface area (Å²) in [7, 11) is -0.700. The van der Waals surface area contributed by atoms with E-state index in [1.54, 1.807) is 0 Å². The van der Waals surface area contributed by atoms with Crippen LogP contribution in [0.5, 0.6) is 0 Å². The first-order valence-electron chi connectivity index (χ1n) is 5.29. The van der Waals surface area contributed by atoms with E-state index in [-0.39, 0.29) is 5.04 Å². The van der Waals surface area contributed by atoms with E-state index >= 15 is 0 Å². The van der Waals surface area contributed by atoms with Crippen molar-refractivity contribution in [1.29, 1.82) is 0 Å². The van der Waals surface area contributed by atoms with Gasteiger partial charge in [0.05, 0.1) is 6.11 Å². The van der Waals surface area contributed by atoms with Crippen molar-refractivity contribution < 1.29 is 4.43 Å². The van der Waals surface area contributed by atoms with Gasteiger partial charge in [0.2, 0.25) is 9.76 Å². The van der Waals surface area contributed by atoms with Crippen LogP contribution in [0.15, 0.2) is 12.7 Å². The lowest BCUT2D eigenvalue weighted by Crippen LogP contribution is -2.38. The maximum absolute atomic E-state index is 5.30. The largest absolute Gasteiger partial charge is 0.508 e. The van der Waals surface area contributed by atoms with Crippen molar-refractivity contribution in [2.75, 3.05) is 0 Å². The molecule has 0 aromatic heterocycles. The summed E-state index contributed by atoms with van der Waals surface area (Å²) >= 11 is 0. The molecule has 1 saturated carbocycles. The Bertz CT molecular complexity index is 252. The molecule has 1 rings (SSSR count). The molecule has 0 aromatic rings. The lowest BCUT2D eigenvalue weighted by molar-refractivity contribution is 0.180. The van der Waals surface area contributed by atoms with Gasteiger partial charge in [0.1, 0.15) is 0 Å². The van der Waals surface area contributed by atoms with E-state index in [0.29, 0.717) is 5.41 Å². The monoisotopic (exact) mass is 208 g/mol. The van der Waals surface area contributed by atoms with Crippen molar-refractivity contribution in [1.82, 2.24) is 0 Å². The predicted octanol–water partition coefficient (Wildman–Crippen LogP) is 2.62. The van der Waals surface area contributed by atoms with E-state index in [2.05, 4.69) is 32.6 Å². The predicted molar refractivity (Wildman–Crippen MR) is 63.6 cm³/mol. The molecule has 0 radical (unpaired) electrons. The Morgan fingerprint density at radius 3 is 2.57 bits per heavy atom. The Hall–Kier alpha value is -0.683. The average molecular weight is 208 g/mol. The maximum atomic E-state index is 5.30.